The molecule has 1 nitrogen and oxygen atoms in total. The summed E-state index contributed by atoms with van der Waals surface area (Å²) >= 11 is 0. The van der Waals surface area contributed by atoms with Crippen molar-refractivity contribution in [2.24, 2.45) is 4.99 Å². The third-order valence-corrected chi connectivity index (χ3v) is 1.66. The first-order valence-electron chi connectivity index (χ1n) is 3.15. The summed E-state index contributed by atoms with van der Waals surface area (Å²) in [6.45, 7) is 0. The van der Waals surface area contributed by atoms with E-state index in [9.17, 15) is 39.5 Å². The van der Waals surface area contributed by atoms with Crippen LogP contribution in [0.25, 0.3) is 0 Å². The van der Waals surface area contributed by atoms with Crippen LogP contribution in [0.5, 0.6) is 0 Å². The highest BCUT2D eigenvalue weighted by molar-refractivity contribution is 5.85. The highest BCUT2D eigenvalue weighted by Crippen LogP contribution is 2.56. The molecule has 0 atom stereocenters. The summed E-state index contributed by atoms with van der Waals surface area (Å²) in [5.41, 5.74) is 0. The van der Waals surface area contributed by atoms with E-state index >= 15 is 0 Å². The molecule has 15 heavy (non-hydrogen) atoms. The topological polar surface area (TPSA) is 12.4 Å². The van der Waals surface area contributed by atoms with Gasteiger partial charge in [0.1, 0.15) is 0 Å². The van der Waals surface area contributed by atoms with Crippen molar-refractivity contribution in [2.45, 2.75) is 23.8 Å². The van der Waals surface area contributed by atoms with Crippen LogP contribution in [0, 0.1) is 0 Å². The van der Waals surface area contributed by atoms with E-state index in [1.54, 1.807) is 0 Å². The second kappa shape index (κ2) is 2.59. The van der Waals surface area contributed by atoms with Crippen LogP contribution in [0.2, 0.25) is 0 Å². The Morgan fingerprint density at radius 2 is 1.13 bits per heavy atom. The summed E-state index contributed by atoms with van der Waals surface area (Å²) in [4.78, 5) is 0.952. The molecule has 0 unspecified atom stereocenters. The van der Waals surface area contributed by atoms with E-state index in [-0.39, 0.29) is 0 Å². The Labute approximate surface area is 75.6 Å². The molecule has 0 N–H and O–H groups in total. The van der Waals surface area contributed by atoms with Crippen molar-refractivity contribution >= 4 is 5.97 Å². The molecule has 88 valence electrons. The van der Waals surface area contributed by atoms with Gasteiger partial charge in [-0.25, -0.2) is 0 Å². The molecule has 1 aliphatic rings. The monoisotopic (exact) mass is 245 g/mol. The third-order valence-electron chi connectivity index (χ3n) is 1.66. The minimum atomic E-state index is -6.55. The van der Waals surface area contributed by atoms with Crippen LogP contribution in [0.1, 0.15) is 0 Å². The summed E-state index contributed by atoms with van der Waals surface area (Å²) in [6, 6.07) is -5.91. The summed E-state index contributed by atoms with van der Waals surface area (Å²) < 4.78 is 109. The second-order valence-corrected chi connectivity index (χ2v) is 2.67. The number of nitrogens with zero attached hydrogens (tertiary/aromatic N) is 1. The van der Waals surface area contributed by atoms with Crippen LogP contribution in [0.4, 0.5) is 39.5 Å². The maximum absolute atomic E-state index is 12.2. The van der Waals surface area contributed by atoms with Crippen molar-refractivity contribution in [3.8, 4) is 0 Å². The fourth-order valence-electron chi connectivity index (χ4n) is 0.779. The van der Waals surface area contributed by atoms with Gasteiger partial charge in [-0.2, -0.15) is 44.5 Å². The van der Waals surface area contributed by atoms with Crippen LogP contribution in [0.15, 0.2) is 4.99 Å². The van der Waals surface area contributed by atoms with Gasteiger partial charge in [-0.1, -0.05) is 0 Å². The molecule has 1 heterocycles. The van der Waals surface area contributed by atoms with Gasteiger partial charge >= 0.3 is 23.8 Å². The number of halogens is 9. The molecule has 0 aromatic rings. The Kier molecular flexibility index (Phi) is 2.09. The molecule has 0 fully saturated rings. The van der Waals surface area contributed by atoms with Crippen molar-refractivity contribution in [1.82, 2.24) is 0 Å². The second-order valence-electron chi connectivity index (χ2n) is 2.67. The molecule has 0 aliphatic carbocycles. The van der Waals surface area contributed by atoms with Gasteiger partial charge in [0, 0.05) is 0 Å². The first-order chi connectivity index (χ1) is 6.38. The number of rotatable bonds is 0. The summed E-state index contributed by atoms with van der Waals surface area (Å²) in [7, 11) is 0. The van der Waals surface area contributed by atoms with E-state index < -0.39 is 29.8 Å². The number of alkyl halides is 8. The Hall–Kier alpha value is -0.960. The lowest BCUT2D eigenvalue weighted by Gasteiger charge is -2.37. The summed E-state index contributed by atoms with van der Waals surface area (Å²) in [6.07, 6.45) is 0. The van der Waals surface area contributed by atoms with Crippen LogP contribution in [-0.2, 0) is 0 Å². The normalized spacial score (nSPS) is 30.9. The lowest BCUT2D eigenvalue weighted by atomic mass is 10.00. The molecule has 0 amide bonds. The minimum absolute atomic E-state index is 0.952. The smallest absolute Gasteiger partial charge is 0.192 e. The molecule has 0 aromatic carbocycles. The molecule has 0 aromatic heterocycles. The van der Waals surface area contributed by atoms with Crippen LogP contribution in [-0.4, -0.2) is 29.8 Å². The SMILES string of the molecule is FC1=NC(F)(F)C(F)(F)C(F)(F)C1(F)F. The first kappa shape index (κ1) is 12.1. The van der Waals surface area contributed by atoms with Gasteiger partial charge < -0.3 is 0 Å². The van der Waals surface area contributed by atoms with E-state index in [0.717, 1.165) is 4.99 Å². The average molecular weight is 245 g/mol. The van der Waals surface area contributed by atoms with Gasteiger partial charge in [0.15, 0.2) is 0 Å². The van der Waals surface area contributed by atoms with Crippen molar-refractivity contribution < 1.29 is 39.5 Å². The highest BCUT2D eigenvalue weighted by atomic mass is 19.4. The molecule has 10 heteroatoms. The highest BCUT2D eigenvalue weighted by Gasteiger charge is 2.86. The zero-order valence-corrected chi connectivity index (χ0v) is 6.35. The lowest BCUT2D eigenvalue weighted by Crippen LogP contribution is -2.67. The molecule has 1 rings (SSSR count). The molecule has 0 spiro atoms. The number of aliphatic imine (C=N–C) groups is 1. The minimum Gasteiger partial charge on any atom is -0.192 e. The molecule has 0 saturated heterocycles. The van der Waals surface area contributed by atoms with E-state index in [4.69, 9.17) is 0 Å². The van der Waals surface area contributed by atoms with Gasteiger partial charge in [0.25, 0.3) is 5.97 Å². The van der Waals surface area contributed by atoms with E-state index in [1.807, 2.05) is 0 Å². The maximum Gasteiger partial charge on any atom is 0.414 e. The fourth-order valence-corrected chi connectivity index (χ4v) is 0.779. The fraction of sp³-hybridized carbons (Fsp3) is 0.800. The van der Waals surface area contributed by atoms with E-state index in [2.05, 4.69) is 0 Å². The van der Waals surface area contributed by atoms with Crippen molar-refractivity contribution in [1.29, 1.82) is 0 Å². The average Bonchev–Trinajstić information content (AvgIpc) is 2.00. The lowest BCUT2D eigenvalue weighted by molar-refractivity contribution is -0.359. The molecule has 0 radical (unpaired) electrons. The Morgan fingerprint density at radius 3 is 1.53 bits per heavy atom. The first-order valence-corrected chi connectivity index (χ1v) is 3.15. The number of hydrogen-bond donors (Lipinski definition) is 0. The molecule has 0 saturated carbocycles. The van der Waals surface area contributed by atoms with Gasteiger partial charge in [0.05, 0.1) is 0 Å². The Bertz CT molecular complexity index is 316. The van der Waals surface area contributed by atoms with Gasteiger partial charge in [-0.05, 0) is 0 Å². The van der Waals surface area contributed by atoms with Gasteiger partial charge in [-0.15, -0.1) is 0 Å². The molecular weight excluding hydrogens is 245 g/mol. The zero-order chi connectivity index (χ0) is 12.3. The largest absolute Gasteiger partial charge is 0.414 e. The van der Waals surface area contributed by atoms with Crippen LogP contribution >= 0.6 is 0 Å². The van der Waals surface area contributed by atoms with E-state index in [1.165, 1.54) is 0 Å². The predicted octanol–water partition coefficient (Wildman–Crippen LogP) is 2.87. The summed E-state index contributed by atoms with van der Waals surface area (Å²) in [5, 5.41) is 0. The van der Waals surface area contributed by atoms with Crippen LogP contribution < -0.4 is 0 Å². The van der Waals surface area contributed by atoms with Crippen molar-refractivity contribution in [3.63, 3.8) is 0 Å². The van der Waals surface area contributed by atoms with Gasteiger partial charge in [-0.3, -0.25) is 0 Å². The molecular formula is C5F9N. The quantitative estimate of drug-likeness (QED) is 0.459. The Morgan fingerprint density at radius 1 is 0.733 bits per heavy atom. The summed E-state index contributed by atoms with van der Waals surface area (Å²) in [5.74, 6) is -22.6. The maximum atomic E-state index is 12.2. The molecule has 1 aliphatic heterocycles. The predicted molar refractivity (Wildman–Crippen MR) is 28.3 cm³/mol. The van der Waals surface area contributed by atoms with Crippen LogP contribution in [0.3, 0.4) is 0 Å². The van der Waals surface area contributed by atoms with Crippen molar-refractivity contribution in [3.05, 3.63) is 0 Å². The standard InChI is InChI=1S/C5F9N/c6-1-2(7,8)3(9,10)4(11,12)5(13,14)15-1. The molecule has 0 bridgehead atoms. The Balaban J connectivity index is 3.49. The van der Waals surface area contributed by atoms with Crippen molar-refractivity contribution in [2.75, 3.05) is 0 Å². The number of hydrogen-bond acceptors (Lipinski definition) is 1. The zero-order valence-electron chi connectivity index (χ0n) is 6.35. The third kappa shape index (κ3) is 1.16. The van der Waals surface area contributed by atoms with Gasteiger partial charge in [0.2, 0.25) is 0 Å². The van der Waals surface area contributed by atoms with E-state index in [0.29, 0.717) is 0 Å².